The van der Waals surface area contributed by atoms with Gasteiger partial charge >= 0.3 is 0 Å². The van der Waals surface area contributed by atoms with Crippen LogP contribution in [0.25, 0.3) is 10.2 Å². The van der Waals surface area contributed by atoms with Crippen molar-refractivity contribution in [3.8, 4) is 6.07 Å². The van der Waals surface area contributed by atoms with E-state index in [1.165, 1.54) is 4.70 Å². The van der Waals surface area contributed by atoms with Gasteiger partial charge in [0, 0.05) is 6.54 Å². The van der Waals surface area contributed by atoms with E-state index in [0.29, 0.717) is 0 Å². The summed E-state index contributed by atoms with van der Waals surface area (Å²) < 4.78 is 1.22. The molecule has 0 aliphatic heterocycles. The fourth-order valence-electron chi connectivity index (χ4n) is 2.43. The van der Waals surface area contributed by atoms with Crippen LogP contribution in [-0.2, 0) is 6.54 Å². The quantitative estimate of drug-likeness (QED) is 0.719. The third-order valence-corrected chi connectivity index (χ3v) is 5.09. The van der Waals surface area contributed by atoms with E-state index in [2.05, 4.69) is 31.0 Å². The first kappa shape index (κ1) is 14.7. The van der Waals surface area contributed by atoms with E-state index in [-0.39, 0.29) is 6.04 Å². The zero-order chi connectivity index (χ0) is 15.5. The van der Waals surface area contributed by atoms with Crippen molar-refractivity contribution in [1.82, 2.24) is 9.88 Å². The molecule has 0 aliphatic rings. The molecule has 0 unspecified atom stereocenters. The molecule has 0 amide bonds. The van der Waals surface area contributed by atoms with Gasteiger partial charge in [-0.05, 0) is 37.7 Å². The smallest absolute Gasteiger partial charge is 0.111 e. The van der Waals surface area contributed by atoms with E-state index in [1.807, 2.05) is 42.5 Å². The van der Waals surface area contributed by atoms with Gasteiger partial charge in [0.1, 0.15) is 5.01 Å². The second kappa shape index (κ2) is 6.27. The van der Waals surface area contributed by atoms with Crippen LogP contribution in [0.15, 0.2) is 48.5 Å². The maximum Gasteiger partial charge on any atom is 0.111 e. The Hall–Kier alpha value is -2.22. The first-order valence-electron chi connectivity index (χ1n) is 7.22. The number of fused-ring (bicyclic) bond motifs is 1. The molecule has 110 valence electrons. The monoisotopic (exact) mass is 307 g/mol. The van der Waals surface area contributed by atoms with Crippen LogP contribution in [0.3, 0.4) is 0 Å². The Morgan fingerprint density at radius 1 is 1.18 bits per heavy atom. The lowest BCUT2D eigenvalue weighted by atomic mass is 10.1. The van der Waals surface area contributed by atoms with E-state index < -0.39 is 0 Å². The zero-order valence-electron chi connectivity index (χ0n) is 12.7. The van der Waals surface area contributed by atoms with Crippen molar-refractivity contribution in [2.24, 2.45) is 0 Å². The van der Waals surface area contributed by atoms with Gasteiger partial charge in [-0.1, -0.05) is 30.3 Å². The molecule has 0 spiro atoms. The number of benzene rings is 2. The average Bonchev–Trinajstić information content (AvgIpc) is 2.98. The highest BCUT2D eigenvalue weighted by molar-refractivity contribution is 7.18. The zero-order valence-corrected chi connectivity index (χ0v) is 13.5. The summed E-state index contributed by atoms with van der Waals surface area (Å²) in [6.45, 7) is 2.90. The van der Waals surface area contributed by atoms with Gasteiger partial charge < -0.3 is 0 Å². The molecule has 1 heterocycles. The third-order valence-electron chi connectivity index (χ3n) is 3.89. The minimum atomic E-state index is 0.212. The van der Waals surface area contributed by atoms with E-state index in [4.69, 9.17) is 4.98 Å². The summed E-state index contributed by atoms with van der Waals surface area (Å²) in [5, 5.41) is 10.3. The lowest BCUT2D eigenvalue weighted by molar-refractivity contribution is 0.252. The Balaban J connectivity index is 1.82. The molecule has 0 N–H and O–H groups in total. The van der Waals surface area contributed by atoms with Gasteiger partial charge in [0.2, 0.25) is 0 Å². The van der Waals surface area contributed by atoms with E-state index >= 15 is 0 Å². The Labute approximate surface area is 134 Å². The Kier molecular flexibility index (Phi) is 4.19. The molecule has 0 bridgehead atoms. The first-order valence-corrected chi connectivity index (χ1v) is 8.04. The average molecular weight is 307 g/mol. The summed E-state index contributed by atoms with van der Waals surface area (Å²) in [6, 6.07) is 18.4. The number of hydrogen-bond acceptors (Lipinski definition) is 4. The van der Waals surface area contributed by atoms with Gasteiger partial charge in [-0.3, -0.25) is 4.90 Å². The summed E-state index contributed by atoms with van der Waals surface area (Å²) in [6.07, 6.45) is 0. The highest BCUT2D eigenvalue weighted by Gasteiger charge is 2.17. The van der Waals surface area contributed by atoms with Crippen LogP contribution < -0.4 is 0 Å². The minimum Gasteiger partial charge on any atom is -0.293 e. The molecule has 3 nitrogen and oxygen atoms in total. The van der Waals surface area contributed by atoms with Gasteiger partial charge in [-0.15, -0.1) is 11.3 Å². The van der Waals surface area contributed by atoms with Crippen LogP contribution >= 0.6 is 11.3 Å². The number of aromatic nitrogens is 1. The maximum atomic E-state index is 9.20. The van der Waals surface area contributed by atoms with Crippen molar-refractivity contribution in [3.63, 3.8) is 0 Å². The van der Waals surface area contributed by atoms with Gasteiger partial charge in [-0.25, -0.2) is 4.98 Å². The van der Waals surface area contributed by atoms with E-state index in [0.717, 1.165) is 28.2 Å². The number of thiazole rings is 1. The van der Waals surface area contributed by atoms with Gasteiger partial charge in [-0.2, -0.15) is 5.26 Å². The SMILES string of the molecule is C[C@@H](c1nc2ccccc2s1)N(C)Cc1ccccc1C#N. The normalized spacial score (nSPS) is 12.5. The lowest BCUT2D eigenvalue weighted by Gasteiger charge is -2.23. The molecular weight excluding hydrogens is 290 g/mol. The van der Waals surface area contributed by atoms with Crippen molar-refractivity contribution in [3.05, 3.63) is 64.7 Å². The number of para-hydroxylation sites is 1. The highest BCUT2D eigenvalue weighted by atomic mass is 32.1. The summed E-state index contributed by atoms with van der Waals surface area (Å²) in [5.41, 5.74) is 2.85. The molecule has 0 saturated carbocycles. The van der Waals surface area contributed by atoms with Crippen molar-refractivity contribution < 1.29 is 0 Å². The van der Waals surface area contributed by atoms with Crippen LogP contribution in [0, 0.1) is 11.3 Å². The fourth-order valence-corrected chi connectivity index (χ4v) is 3.51. The standard InChI is InChI=1S/C18H17N3S/c1-13(18-20-16-9-5-6-10-17(16)22-18)21(2)12-15-8-4-3-7-14(15)11-19/h3-10,13H,12H2,1-2H3/t13-/m0/s1. The van der Waals surface area contributed by atoms with Crippen LogP contribution in [0.1, 0.15) is 29.1 Å². The molecular formula is C18H17N3S. The fraction of sp³-hybridized carbons (Fsp3) is 0.222. The molecule has 0 aliphatic carbocycles. The minimum absolute atomic E-state index is 0.212. The molecule has 3 aromatic rings. The predicted molar refractivity (Wildman–Crippen MR) is 90.7 cm³/mol. The first-order chi connectivity index (χ1) is 10.7. The number of hydrogen-bond donors (Lipinski definition) is 0. The predicted octanol–water partition coefficient (Wildman–Crippen LogP) is 4.36. The molecule has 2 aromatic carbocycles. The second-order valence-corrected chi connectivity index (χ2v) is 6.44. The Bertz CT molecular complexity index is 798. The third kappa shape index (κ3) is 2.87. The summed E-state index contributed by atoms with van der Waals surface area (Å²) in [4.78, 5) is 6.96. The van der Waals surface area contributed by atoms with Gasteiger partial charge in [0.05, 0.1) is 27.9 Å². The van der Waals surface area contributed by atoms with Crippen molar-refractivity contribution in [2.45, 2.75) is 19.5 Å². The Morgan fingerprint density at radius 3 is 2.68 bits per heavy atom. The molecule has 22 heavy (non-hydrogen) atoms. The lowest BCUT2D eigenvalue weighted by Crippen LogP contribution is -2.22. The summed E-state index contributed by atoms with van der Waals surface area (Å²) in [7, 11) is 2.07. The summed E-state index contributed by atoms with van der Waals surface area (Å²) in [5.74, 6) is 0. The van der Waals surface area contributed by atoms with Crippen LogP contribution in [0.2, 0.25) is 0 Å². The van der Waals surface area contributed by atoms with Crippen LogP contribution in [0.4, 0.5) is 0 Å². The molecule has 1 atom stereocenters. The van der Waals surface area contributed by atoms with Gasteiger partial charge in [0.25, 0.3) is 0 Å². The maximum absolute atomic E-state index is 9.20. The van der Waals surface area contributed by atoms with Crippen molar-refractivity contribution in [2.75, 3.05) is 7.05 Å². The van der Waals surface area contributed by atoms with E-state index in [9.17, 15) is 5.26 Å². The topological polar surface area (TPSA) is 39.9 Å². The molecule has 0 saturated heterocycles. The van der Waals surface area contributed by atoms with Crippen molar-refractivity contribution in [1.29, 1.82) is 5.26 Å². The summed E-state index contributed by atoms with van der Waals surface area (Å²) >= 11 is 1.74. The number of rotatable bonds is 4. The van der Waals surface area contributed by atoms with Crippen LogP contribution in [-0.4, -0.2) is 16.9 Å². The largest absolute Gasteiger partial charge is 0.293 e. The highest BCUT2D eigenvalue weighted by Crippen LogP contribution is 2.29. The Morgan fingerprint density at radius 2 is 1.91 bits per heavy atom. The van der Waals surface area contributed by atoms with E-state index in [1.54, 1.807) is 11.3 Å². The van der Waals surface area contributed by atoms with Gasteiger partial charge in [0.15, 0.2) is 0 Å². The second-order valence-electron chi connectivity index (χ2n) is 5.38. The molecule has 1 aromatic heterocycles. The molecule has 3 rings (SSSR count). The molecule has 0 radical (unpaired) electrons. The van der Waals surface area contributed by atoms with Crippen molar-refractivity contribution >= 4 is 21.6 Å². The number of nitriles is 1. The number of nitrogens with zero attached hydrogens (tertiary/aromatic N) is 3. The molecule has 0 fully saturated rings. The molecule has 4 heteroatoms. The van der Waals surface area contributed by atoms with Crippen LogP contribution in [0.5, 0.6) is 0 Å².